The summed E-state index contributed by atoms with van der Waals surface area (Å²) in [6, 6.07) is 22.4. The lowest BCUT2D eigenvalue weighted by Crippen LogP contribution is -2.29. The maximum absolute atomic E-state index is 12.6. The molecule has 0 aromatic heterocycles. The number of rotatable bonds is 7. The number of sulfonamides is 1. The van der Waals surface area contributed by atoms with Gasteiger partial charge < -0.3 is 5.32 Å². The van der Waals surface area contributed by atoms with Gasteiger partial charge in [0.05, 0.1) is 24.5 Å². The van der Waals surface area contributed by atoms with E-state index < -0.39 is 10.0 Å². The average molecular weight is 437 g/mol. The molecular weight excluding hydrogens is 408 g/mol. The zero-order valence-electron chi connectivity index (χ0n) is 18.3. The molecule has 6 heteroatoms. The molecule has 3 rings (SSSR count). The zero-order valence-corrected chi connectivity index (χ0v) is 19.1. The summed E-state index contributed by atoms with van der Waals surface area (Å²) in [4.78, 5) is 12.6. The molecule has 0 fully saturated rings. The van der Waals surface area contributed by atoms with Crippen LogP contribution in [0.5, 0.6) is 0 Å². The van der Waals surface area contributed by atoms with E-state index in [9.17, 15) is 13.2 Å². The van der Waals surface area contributed by atoms with Crippen molar-refractivity contribution < 1.29 is 13.2 Å². The van der Waals surface area contributed by atoms with Gasteiger partial charge in [0.15, 0.2) is 0 Å². The Balaban J connectivity index is 1.72. The summed E-state index contributed by atoms with van der Waals surface area (Å²) in [5.74, 6) is -0.168. The molecule has 1 amide bonds. The third-order valence-corrected chi connectivity index (χ3v) is 6.30. The Hall–Kier alpha value is -3.12. The molecule has 1 atom stereocenters. The van der Waals surface area contributed by atoms with Gasteiger partial charge >= 0.3 is 0 Å². The van der Waals surface area contributed by atoms with Crippen molar-refractivity contribution in [3.8, 4) is 0 Å². The summed E-state index contributed by atoms with van der Waals surface area (Å²) in [6.07, 6.45) is 1.20. The second-order valence-corrected chi connectivity index (χ2v) is 9.82. The van der Waals surface area contributed by atoms with Gasteiger partial charge in [0.2, 0.25) is 10.0 Å². The molecule has 31 heavy (non-hydrogen) atoms. The van der Waals surface area contributed by atoms with Crippen LogP contribution in [0.2, 0.25) is 0 Å². The van der Waals surface area contributed by atoms with Crippen LogP contribution in [0.3, 0.4) is 0 Å². The van der Waals surface area contributed by atoms with Crippen molar-refractivity contribution in [2.75, 3.05) is 10.6 Å². The normalized spacial score (nSPS) is 12.3. The van der Waals surface area contributed by atoms with E-state index in [-0.39, 0.29) is 18.5 Å². The molecule has 0 aliphatic heterocycles. The first-order chi connectivity index (χ1) is 14.6. The number of benzene rings is 3. The van der Waals surface area contributed by atoms with E-state index in [0.29, 0.717) is 11.3 Å². The number of hydrogen-bond donors (Lipinski definition) is 1. The number of carbonyl (C=O) groups is 1. The van der Waals surface area contributed by atoms with Crippen LogP contribution in [0.1, 0.15) is 45.6 Å². The van der Waals surface area contributed by atoms with Crippen molar-refractivity contribution in [1.29, 1.82) is 0 Å². The van der Waals surface area contributed by atoms with Gasteiger partial charge in [0, 0.05) is 5.56 Å². The third kappa shape index (κ3) is 5.95. The van der Waals surface area contributed by atoms with Gasteiger partial charge in [0.25, 0.3) is 5.91 Å². The monoisotopic (exact) mass is 436 g/mol. The fraction of sp³-hybridized carbons (Fsp3) is 0.240. The lowest BCUT2D eigenvalue weighted by atomic mass is 10.1. The first kappa shape index (κ1) is 22.6. The van der Waals surface area contributed by atoms with Gasteiger partial charge in [-0.1, -0.05) is 54.1 Å². The number of hydrogen-bond acceptors (Lipinski definition) is 3. The molecular formula is C25H28N2O3S. The minimum atomic E-state index is -3.45. The predicted octanol–water partition coefficient (Wildman–Crippen LogP) is 4.76. The van der Waals surface area contributed by atoms with E-state index in [1.54, 1.807) is 30.3 Å². The molecule has 3 aromatic carbocycles. The lowest BCUT2D eigenvalue weighted by molar-refractivity contribution is 0.0940. The Bertz CT molecular complexity index is 1150. The predicted molar refractivity (Wildman–Crippen MR) is 126 cm³/mol. The number of aryl methyl sites for hydroxylation is 2. The van der Waals surface area contributed by atoms with Gasteiger partial charge in [-0.3, -0.25) is 9.10 Å². The van der Waals surface area contributed by atoms with E-state index in [1.165, 1.54) is 16.1 Å². The summed E-state index contributed by atoms with van der Waals surface area (Å²) in [5.41, 5.74) is 5.15. The van der Waals surface area contributed by atoms with Crippen LogP contribution < -0.4 is 9.62 Å². The van der Waals surface area contributed by atoms with Gasteiger partial charge in [-0.15, -0.1) is 0 Å². The largest absolute Gasteiger partial charge is 0.346 e. The van der Waals surface area contributed by atoms with Crippen LogP contribution in [0.25, 0.3) is 0 Å². The minimum absolute atomic E-state index is 0.116. The van der Waals surface area contributed by atoms with Crippen LogP contribution in [0, 0.1) is 13.8 Å². The van der Waals surface area contributed by atoms with E-state index in [4.69, 9.17) is 0 Å². The van der Waals surface area contributed by atoms with Crippen LogP contribution in [-0.4, -0.2) is 20.6 Å². The molecule has 162 valence electrons. The Kier molecular flexibility index (Phi) is 6.81. The summed E-state index contributed by atoms with van der Waals surface area (Å²) in [6.45, 7) is 6.10. The summed E-state index contributed by atoms with van der Waals surface area (Å²) in [5, 5.41) is 3.00. The van der Waals surface area contributed by atoms with E-state index >= 15 is 0 Å². The number of carbonyl (C=O) groups excluding carboxylic acids is 1. The van der Waals surface area contributed by atoms with E-state index in [2.05, 4.69) is 5.32 Å². The molecule has 0 saturated carbocycles. The standard InChI is InChI=1S/C25H28N2O3S/c1-18-8-12-22(13-9-18)20(3)26-25(28)23-14-10-21(11-15-23)17-27(31(4,29)30)24-7-5-6-19(2)16-24/h5-16,20H,17H2,1-4H3,(H,26,28). The lowest BCUT2D eigenvalue weighted by Gasteiger charge is -2.23. The highest BCUT2D eigenvalue weighted by molar-refractivity contribution is 7.92. The molecule has 0 aliphatic carbocycles. The van der Waals surface area contributed by atoms with Gasteiger partial charge in [0.1, 0.15) is 0 Å². The molecule has 0 saturated heterocycles. The maximum Gasteiger partial charge on any atom is 0.251 e. The topological polar surface area (TPSA) is 66.5 Å². The Morgan fingerprint density at radius 2 is 1.58 bits per heavy atom. The quantitative estimate of drug-likeness (QED) is 0.581. The highest BCUT2D eigenvalue weighted by atomic mass is 32.2. The fourth-order valence-electron chi connectivity index (χ4n) is 3.33. The number of amides is 1. The Morgan fingerprint density at radius 3 is 2.16 bits per heavy atom. The zero-order chi connectivity index (χ0) is 22.6. The van der Waals surface area contributed by atoms with Crippen molar-refractivity contribution >= 4 is 21.6 Å². The van der Waals surface area contributed by atoms with Crippen molar-refractivity contribution in [1.82, 2.24) is 5.32 Å². The molecule has 0 heterocycles. The summed E-state index contributed by atoms with van der Waals surface area (Å²) >= 11 is 0. The molecule has 0 spiro atoms. The van der Waals surface area contributed by atoms with Crippen molar-refractivity contribution in [2.45, 2.75) is 33.4 Å². The minimum Gasteiger partial charge on any atom is -0.346 e. The van der Waals surface area contributed by atoms with Crippen LogP contribution >= 0.6 is 0 Å². The summed E-state index contributed by atoms with van der Waals surface area (Å²) < 4.78 is 26.1. The molecule has 1 N–H and O–H groups in total. The van der Waals surface area contributed by atoms with Gasteiger partial charge in [-0.2, -0.15) is 0 Å². The van der Waals surface area contributed by atoms with Crippen LogP contribution in [0.4, 0.5) is 5.69 Å². The molecule has 1 unspecified atom stereocenters. The highest BCUT2D eigenvalue weighted by Gasteiger charge is 2.18. The van der Waals surface area contributed by atoms with E-state index in [0.717, 1.165) is 16.7 Å². The molecule has 3 aromatic rings. The summed E-state index contributed by atoms with van der Waals surface area (Å²) in [7, 11) is -3.45. The van der Waals surface area contributed by atoms with Crippen LogP contribution in [0.15, 0.2) is 72.8 Å². The van der Waals surface area contributed by atoms with Gasteiger partial charge in [-0.05, 0) is 61.7 Å². The fourth-order valence-corrected chi connectivity index (χ4v) is 4.21. The second kappa shape index (κ2) is 9.35. The number of nitrogens with one attached hydrogen (secondary N) is 1. The van der Waals surface area contributed by atoms with Crippen molar-refractivity contribution in [3.63, 3.8) is 0 Å². The second-order valence-electron chi connectivity index (χ2n) is 7.91. The van der Waals surface area contributed by atoms with Gasteiger partial charge in [-0.25, -0.2) is 8.42 Å². The van der Waals surface area contributed by atoms with Crippen molar-refractivity contribution in [3.05, 3.63) is 101 Å². The first-order valence-corrected chi connectivity index (χ1v) is 12.0. The molecule has 0 bridgehead atoms. The number of nitrogens with zero attached hydrogens (tertiary/aromatic N) is 1. The SMILES string of the molecule is Cc1ccc(C(C)NC(=O)c2ccc(CN(c3cccc(C)c3)S(C)(=O)=O)cc2)cc1. The van der Waals surface area contributed by atoms with Crippen LogP contribution in [-0.2, 0) is 16.6 Å². The highest BCUT2D eigenvalue weighted by Crippen LogP contribution is 2.22. The maximum atomic E-state index is 12.6. The Morgan fingerprint density at radius 1 is 0.935 bits per heavy atom. The van der Waals surface area contributed by atoms with E-state index in [1.807, 2.05) is 63.2 Å². The van der Waals surface area contributed by atoms with Crippen molar-refractivity contribution in [2.24, 2.45) is 0 Å². The molecule has 0 radical (unpaired) electrons. The Labute approximate surface area is 184 Å². The average Bonchev–Trinajstić information content (AvgIpc) is 2.72. The third-order valence-electron chi connectivity index (χ3n) is 5.16. The first-order valence-electron chi connectivity index (χ1n) is 10.1. The smallest absolute Gasteiger partial charge is 0.251 e. The number of anilines is 1. The molecule has 0 aliphatic rings. The molecule has 5 nitrogen and oxygen atoms in total.